The third-order valence-corrected chi connectivity index (χ3v) is 7.32. The van der Waals surface area contributed by atoms with Crippen LogP contribution in [0.5, 0.6) is 0 Å². The van der Waals surface area contributed by atoms with Crippen LogP contribution in [0.2, 0.25) is 10.0 Å². The summed E-state index contributed by atoms with van der Waals surface area (Å²) >= 11 is 12.1. The molecule has 0 aliphatic carbocycles. The number of primary amides is 1. The minimum absolute atomic E-state index is 0.152. The summed E-state index contributed by atoms with van der Waals surface area (Å²) in [6, 6.07) is 6.77. The van der Waals surface area contributed by atoms with Crippen molar-refractivity contribution in [1.29, 1.82) is 0 Å². The van der Waals surface area contributed by atoms with Crippen molar-refractivity contribution in [3.63, 3.8) is 0 Å². The number of hydrogen-bond donors (Lipinski definition) is 11. The van der Waals surface area contributed by atoms with E-state index in [1.807, 2.05) is 0 Å². The van der Waals surface area contributed by atoms with Crippen LogP contribution in [0.4, 0.5) is 15.9 Å². The molecule has 1 saturated heterocycles. The van der Waals surface area contributed by atoms with E-state index in [9.17, 15) is 65.0 Å². The molecule has 1 fully saturated rings. The van der Waals surface area contributed by atoms with E-state index in [4.69, 9.17) is 36.8 Å². The van der Waals surface area contributed by atoms with Gasteiger partial charge in [0.2, 0.25) is 5.91 Å². The zero-order valence-electron chi connectivity index (χ0n) is 21.5. The molecular weight excluding hydrogens is 637 g/mol. The second kappa shape index (κ2) is 10.6. The highest BCUT2D eigenvalue weighted by Crippen LogP contribution is 2.52. The second-order valence-electron chi connectivity index (χ2n) is 9.51. The molecule has 1 atom stereocenters. The van der Waals surface area contributed by atoms with Gasteiger partial charge in [-0.1, -0.05) is 29.3 Å². The van der Waals surface area contributed by atoms with Crippen molar-refractivity contribution in [2.24, 2.45) is 5.73 Å². The summed E-state index contributed by atoms with van der Waals surface area (Å²) in [6.45, 7) is 0. The van der Waals surface area contributed by atoms with Crippen molar-refractivity contribution in [2.45, 2.75) is 29.2 Å². The molecule has 0 saturated carbocycles. The van der Waals surface area contributed by atoms with E-state index >= 15 is 0 Å². The zero-order chi connectivity index (χ0) is 33.4. The Kier molecular flexibility index (Phi) is 8.01. The monoisotopic (exact) mass is 656 g/mol. The van der Waals surface area contributed by atoms with Crippen LogP contribution in [0.25, 0.3) is 11.1 Å². The Hall–Kier alpha value is -3.50. The normalized spacial score (nSPS) is 20.4. The average Bonchev–Trinajstić information content (AvgIpc) is 2.95. The van der Waals surface area contributed by atoms with E-state index in [2.05, 4.69) is 4.98 Å². The third-order valence-electron chi connectivity index (χ3n) is 6.68. The summed E-state index contributed by atoms with van der Waals surface area (Å²) in [5.41, 5.74) is -2.06. The third kappa shape index (κ3) is 4.87. The van der Waals surface area contributed by atoms with Crippen LogP contribution >= 0.6 is 23.2 Å². The van der Waals surface area contributed by atoms with Crippen LogP contribution in [-0.4, -0.2) is 105 Å². The number of nitrogens with two attached hydrogens (primary N) is 1. The van der Waals surface area contributed by atoms with Gasteiger partial charge in [0.05, 0.1) is 16.3 Å². The number of pyridine rings is 1. The average molecular weight is 657 g/mol. The summed E-state index contributed by atoms with van der Waals surface area (Å²) in [6.07, 6.45) is -3.65. The first-order valence-electron chi connectivity index (χ1n) is 11.7. The van der Waals surface area contributed by atoms with Crippen LogP contribution in [0, 0.1) is 5.82 Å². The van der Waals surface area contributed by atoms with Crippen LogP contribution < -0.4 is 15.5 Å². The van der Waals surface area contributed by atoms with Gasteiger partial charge in [-0.2, -0.15) is 0 Å². The van der Waals surface area contributed by atoms with Crippen LogP contribution in [0.1, 0.15) is 20.7 Å². The molecule has 44 heavy (non-hydrogen) atoms. The van der Waals surface area contributed by atoms with Gasteiger partial charge < -0.3 is 56.8 Å². The standard InChI is InChI=1S/C24H20BCl2FN4O12/c25-20(35)21(36,37)23(40,41)32(22(20,38)39)15-7-10(11-6-9(17(29)33)4-5-12(11)26)8-30-18(15)31(24(42,43)44)19(34)16-13(27)2-1-3-14(16)28/h1-8,35-44H,(H2,29,33). The highest BCUT2D eigenvalue weighted by Gasteiger charge is 2.80. The Morgan fingerprint density at radius 2 is 1.57 bits per heavy atom. The maximum absolute atomic E-state index is 14.7. The molecule has 2 aromatic carbocycles. The number of carbonyl (C=O) groups is 2. The lowest BCUT2D eigenvalue weighted by molar-refractivity contribution is -0.374. The molecule has 1 aliphatic heterocycles. The molecule has 16 nitrogen and oxygen atoms in total. The molecule has 0 spiro atoms. The quantitative estimate of drug-likeness (QED) is 0.0942. The largest absolute Gasteiger partial charge is 0.386 e. The van der Waals surface area contributed by atoms with Gasteiger partial charge in [-0.15, -0.1) is 0 Å². The summed E-state index contributed by atoms with van der Waals surface area (Å²) < 4.78 is 14.7. The summed E-state index contributed by atoms with van der Waals surface area (Å²) in [7, 11) is 5.27. The van der Waals surface area contributed by atoms with Crippen LogP contribution in [-0.2, 0) is 0 Å². The fourth-order valence-electron chi connectivity index (χ4n) is 4.39. The van der Waals surface area contributed by atoms with Gasteiger partial charge in [-0.3, -0.25) is 14.5 Å². The first-order valence-corrected chi connectivity index (χ1v) is 12.5. The minimum atomic E-state index is -4.47. The predicted molar refractivity (Wildman–Crippen MR) is 145 cm³/mol. The van der Waals surface area contributed by atoms with E-state index in [1.54, 1.807) is 0 Å². The molecule has 1 aliphatic rings. The Bertz CT molecular complexity index is 1640. The van der Waals surface area contributed by atoms with Gasteiger partial charge in [-0.25, -0.2) is 14.3 Å². The van der Waals surface area contributed by atoms with E-state index in [-0.39, 0.29) is 21.7 Å². The van der Waals surface area contributed by atoms with Gasteiger partial charge in [0.1, 0.15) is 13.7 Å². The SMILES string of the molecule is [B]C1(O)C(O)(O)N(c2cc(-c3cc(C(N)=O)ccc3Cl)cnc2N(C(=O)c2c(F)cccc2Cl)C(O)(O)O)C(O)(O)C1(O)O. The van der Waals surface area contributed by atoms with Crippen LogP contribution in [0.3, 0.4) is 0 Å². The number of amides is 2. The Balaban J connectivity index is 2.12. The van der Waals surface area contributed by atoms with E-state index in [0.29, 0.717) is 12.1 Å². The summed E-state index contributed by atoms with van der Waals surface area (Å²) in [5, 5.41) is 104. The number of anilines is 2. The molecule has 2 heterocycles. The molecule has 20 heteroatoms. The Morgan fingerprint density at radius 3 is 2.07 bits per heavy atom. The first kappa shape index (κ1) is 33.4. The maximum atomic E-state index is 14.7. The van der Waals surface area contributed by atoms with Crippen molar-refractivity contribution in [3.8, 4) is 11.1 Å². The summed E-state index contributed by atoms with van der Waals surface area (Å²) in [5.74, 6) is -19.0. The molecule has 232 valence electrons. The van der Waals surface area contributed by atoms with E-state index in [0.717, 1.165) is 24.4 Å². The van der Waals surface area contributed by atoms with Crippen molar-refractivity contribution in [2.75, 3.05) is 9.80 Å². The van der Waals surface area contributed by atoms with E-state index in [1.165, 1.54) is 12.1 Å². The second-order valence-corrected chi connectivity index (χ2v) is 10.3. The van der Waals surface area contributed by atoms with Gasteiger partial charge in [0.15, 0.2) is 11.3 Å². The van der Waals surface area contributed by atoms with Gasteiger partial charge in [0, 0.05) is 27.9 Å². The number of hydrogen-bond acceptors (Lipinski definition) is 14. The highest BCUT2D eigenvalue weighted by atomic mass is 35.5. The Labute approximate surface area is 255 Å². The summed E-state index contributed by atoms with van der Waals surface area (Å²) in [4.78, 5) is 27.8. The van der Waals surface area contributed by atoms with Crippen molar-refractivity contribution in [3.05, 3.63) is 75.7 Å². The number of rotatable bonds is 6. The van der Waals surface area contributed by atoms with Gasteiger partial charge in [-0.05, 0) is 36.4 Å². The van der Waals surface area contributed by atoms with Crippen molar-refractivity contribution >= 4 is 54.4 Å². The van der Waals surface area contributed by atoms with Gasteiger partial charge in [0.25, 0.3) is 17.6 Å². The zero-order valence-corrected chi connectivity index (χ0v) is 23.0. The predicted octanol–water partition coefficient (Wildman–Crippen LogP) is -2.84. The highest BCUT2D eigenvalue weighted by molar-refractivity contribution is 6.35. The first-order chi connectivity index (χ1) is 20.0. The van der Waals surface area contributed by atoms with Crippen molar-refractivity contribution < 1.29 is 65.0 Å². The lowest BCUT2D eigenvalue weighted by Crippen LogP contribution is -2.67. The molecule has 0 bridgehead atoms. The number of carbonyl (C=O) groups excluding carboxylic acids is 2. The number of aromatic nitrogens is 1. The molecule has 1 unspecified atom stereocenters. The maximum Gasteiger partial charge on any atom is 0.377 e. The fraction of sp³-hybridized carbons (Fsp3) is 0.208. The minimum Gasteiger partial charge on any atom is -0.386 e. The number of nitrogens with zero attached hydrogens (tertiary/aromatic N) is 3. The topological polar surface area (TPSA) is 282 Å². The molecular formula is C24H20BCl2FN4O12. The van der Waals surface area contributed by atoms with Gasteiger partial charge >= 0.3 is 12.0 Å². The van der Waals surface area contributed by atoms with Crippen molar-refractivity contribution in [1.82, 2.24) is 4.98 Å². The lowest BCUT2D eigenvalue weighted by atomic mass is 9.73. The molecule has 1 aromatic heterocycles. The molecule has 3 aromatic rings. The fourth-order valence-corrected chi connectivity index (χ4v) is 4.86. The van der Waals surface area contributed by atoms with Crippen LogP contribution in [0.15, 0.2) is 48.7 Å². The molecule has 4 rings (SSSR count). The number of halogens is 3. The number of benzene rings is 2. The molecule has 12 N–H and O–H groups in total. The Morgan fingerprint density at radius 1 is 0.955 bits per heavy atom. The molecule has 2 amide bonds. The smallest absolute Gasteiger partial charge is 0.377 e. The molecule has 2 radical (unpaired) electrons. The van der Waals surface area contributed by atoms with E-state index < -0.39 is 78.7 Å². The number of aliphatic hydroxyl groups is 10. The lowest BCUT2D eigenvalue weighted by Gasteiger charge is -2.40.